The third-order valence-corrected chi connectivity index (χ3v) is 5.72. The molecule has 31 heavy (non-hydrogen) atoms. The molecule has 0 fully saturated rings. The van der Waals surface area contributed by atoms with Gasteiger partial charge in [0.2, 0.25) is 0 Å². The number of para-hydroxylation sites is 1. The van der Waals surface area contributed by atoms with Crippen molar-refractivity contribution in [1.29, 1.82) is 0 Å². The molecule has 3 aromatic rings. The fourth-order valence-electron chi connectivity index (χ4n) is 3.02. The first-order valence-corrected chi connectivity index (χ1v) is 11.6. The van der Waals surface area contributed by atoms with Gasteiger partial charge < -0.3 is 10.2 Å². The lowest BCUT2D eigenvalue weighted by atomic mass is 10.2. The normalized spacial score (nSPS) is 11.1. The Morgan fingerprint density at radius 1 is 0.968 bits per heavy atom. The average molecular weight is 447 g/mol. The molecule has 0 saturated heterocycles. The van der Waals surface area contributed by atoms with Gasteiger partial charge in [-0.05, 0) is 43.4 Å². The van der Waals surface area contributed by atoms with Crippen molar-refractivity contribution in [2.24, 2.45) is 0 Å². The van der Waals surface area contributed by atoms with Crippen molar-refractivity contribution in [3.63, 3.8) is 0 Å². The van der Waals surface area contributed by atoms with Gasteiger partial charge in [0.1, 0.15) is 5.82 Å². The molecule has 0 spiro atoms. The Bertz CT molecular complexity index is 1100. The summed E-state index contributed by atoms with van der Waals surface area (Å²) in [7, 11) is -4.35. The first-order valence-electron chi connectivity index (χ1n) is 10.2. The van der Waals surface area contributed by atoms with Crippen LogP contribution in [0.3, 0.4) is 0 Å². The second-order valence-electron chi connectivity index (χ2n) is 6.79. The third kappa shape index (κ3) is 7.39. The second-order valence-corrected chi connectivity index (χ2v) is 8.18. The van der Waals surface area contributed by atoms with Gasteiger partial charge in [0, 0.05) is 11.8 Å². The molecule has 0 aliphatic heterocycles. The standard InChI is InChI=1S/C16H15N3O4S.C6H15N/c20-16-10-15(17-13-7-2-1-3-8-13)18-19(16)11-12-6-4-5-9-14(12)24(21,22)23;1-4-7(5-2)6-3/h1-10,17-18H,11H2,(H,21,22,23);4-6H2,1-3H3. The second kappa shape index (κ2) is 11.5. The van der Waals surface area contributed by atoms with Crippen molar-refractivity contribution in [2.75, 3.05) is 25.0 Å². The number of nitrogens with zero attached hydrogens (tertiary/aromatic N) is 2. The Hall–Kier alpha value is -2.88. The zero-order valence-electron chi connectivity index (χ0n) is 18.1. The lowest BCUT2D eigenvalue weighted by molar-refractivity contribution is 0.321. The lowest BCUT2D eigenvalue weighted by Gasteiger charge is -2.13. The molecule has 2 aromatic carbocycles. The molecule has 0 aliphatic rings. The Kier molecular flexibility index (Phi) is 9.04. The molecular formula is C22H30N4O4S. The molecule has 9 heteroatoms. The van der Waals surface area contributed by atoms with E-state index >= 15 is 0 Å². The van der Waals surface area contributed by atoms with Crippen LogP contribution in [0.25, 0.3) is 0 Å². The SMILES string of the molecule is CCN(CC)CC.O=c1cc(Nc2ccccc2)[nH]n1Cc1ccccc1S(=O)(=O)O. The Morgan fingerprint density at radius 2 is 1.55 bits per heavy atom. The molecule has 3 rings (SSSR count). The van der Waals surface area contributed by atoms with E-state index in [1.165, 1.54) is 42.5 Å². The zero-order chi connectivity index (χ0) is 22.9. The summed E-state index contributed by atoms with van der Waals surface area (Å²) in [4.78, 5) is 14.2. The molecule has 0 radical (unpaired) electrons. The van der Waals surface area contributed by atoms with Crippen molar-refractivity contribution < 1.29 is 13.0 Å². The van der Waals surface area contributed by atoms with Crippen LogP contribution in [0.5, 0.6) is 0 Å². The average Bonchev–Trinajstić information content (AvgIpc) is 3.09. The van der Waals surface area contributed by atoms with Crippen molar-refractivity contribution >= 4 is 21.6 Å². The Labute approximate surface area is 183 Å². The molecule has 0 bridgehead atoms. The summed E-state index contributed by atoms with van der Waals surface area (Å²) in [6.07, 6.45) is 0. The molecule has 0 amide bonds. The summed E-state index contributed by atoms with van der Waals surface area (Å²) < 4.78 is 33.4. The summed E-state index contributed by atoms with van der Waals surface area (Å²) in [6.45, 7) is 10.1. The fraction of sp³-hybridized carbons (Fsp3) is 0.318. The summed E-state index contributed by atoms with van der Waals surface area (Å²) in [5.41, 5.74) is 0.804. The van der Waals surface area contributed by atoms with Crippen LogP contribution >= 0.6 is 0 Å². The summed E-state index contributed by atoms with van der Waals surface area (Å²) in [5, 5.41) is 5.93. The van der Waals surface area contributed by atoms with Crippen molar-refractivity contribution in [3.8, 4) is 0 Å². The minimum atomic E-state index is -4.35. The number of anilines is 2. The monoisotopic (exact) mass is 446 g/mol. The van der Waals surface area contributed by atoms with Crippen LogP contribution in [-0.2, 0) is 16.7 Å². The van der Waals surface area contributed by atoms with Gasteiger partial charge in [0.15, 0.2) is 0 Å². The van der Waals surface area contributed by atoms with Gasteiger partial charge in [-0.25, -0.2) is 4.68 Å². The maximum absolute atomic E-state index is 12.1. The maximum atomic E-state index is 12.1. The molecule has 168 valence electrons. The highest BCUT2D eigenvalue weighted by molar-refractivity contribution is 7.85. The number of nitrogens with one attached hydrogen (secondary N) is 2. The molecule has 1 aromatic heterocycles. The highest BCUT2D eigenvalue weighted by Gasteiger charge is 2.15. The van der Waals surface area contributed by atoms with E-state index in [1.807, 2.05) is 30.3 Å². The largest absolute Gasteiger partial charge is 0.341 e. The first kappa shape index (κ1) is 24.4. The summed E-state index contributed by atoms with van der Waals surface area (Å²) >= 11 is 0. The van der Waals surface area contributed by atoms with E-state index in [9.17, 15) is 17.8 Å². The summed E-state index contributed by atoms with van der Waals surface area (Å²) in [5.74, 6) is 0.482. The molecule has 0 atom stereocenters. The van der Waals surface area contributed by atoms with Gasteiger partial charge >= 0.3 is 0 Å². The number of aromatic amines is 1. The molecular weight excluding hydrogens is 416 g/mol. The van der Waals surface area contributed by atoms with Crippen LogP contribution in [-0.4, -0.2) is 47.3 Å². The van der Waals surface area contributed by atoms with Gasteiger partial charge in [-0.1, -0.05) is 57.2 Å². The van der Waals surface area contributed by atoms with Crippen LogP contribution in [0.15, 0.2) is 70.4 Å². The van der Waals surface area contributed by atoms with E-state index in [0.29, 0.717) is 11.4 Å². The smallest absolute Gasteiger partial charge is 0.294 e. The minimum absolute atomic E-state index is 0.00866. The predicted molar refractivity (Wildman–Crippen MR) is 124 cm³/mol. The number of benzene rings is 2. The van der Waals surface area contributed by atoms with Gasteiger partial charge in [0.05, 0.1) is 11.4 Å². The lowest BCUT2D eigenvalue weighted by Crippen LogP contribution is -2.21. The Balaban J connectivity index is 0.000000423. The van der Waals surface area contributed by atoms with Crippen molar-refractivity contribution in [3.05, 3.63) is 76.6 Å². The molecule has 3 N–H and O–H groups in total. The Morgan fingerprint density at radius 3 is 2.10 bits per heavy atom. The predicted octanol–water partition coefficient (Wildman–Crippen LogP) is 3.56. The van der Waals surface area contributed by atoms with E-state index in [-0.39, 0.29) is 17.0 Å². The quantitative estimate of drug-likeness (QED) is 0.457. The van der Waals surface area contributed by atoms with Gasteiger partial charge in [-0.2, -0.15) is 8.42 Å². The van der Waals surface area contributed by atoms with E-state index in [1.54, 1.807) is 12.1 Å². The number of aromatic nitrogens is 2. The van der Waals surface area contributed by atoms with Crippen LogP contribution in [0.1, 0.15) is 26.3 Å². The highest BCUT2D eigenvalue weighted by atomic mass is 32.2. The number of rotatable bonds is 8. The summed E-state index contributed by atoms with van der Waals surface area (Å²) in [6, 6.07) is 16.7. The molecule has 0 saturated carbocycles. The van der Waals surface area contributed by atoms with Crippen molar-refractivity contribution in [2.45, 2.75) is 32.2 Å². The van der Waals surface area contributed by atoms with E-state index in [4.69, 9.17) is 0 Å². The first-order chi connectivity index (χ1) is 14.8. The third-order valence-electron chi connectivity index (χ3n) is 4.76. The van der Waals surface area contributed by atoms with Crippen LogP contribution in [0.2, 0.25) is 0 Å². The van der Waals surface area contributed by atoms with Gasteiger partial charge in [-0.15, -0.1) is 0 Å². The van der Waals surface area contributed by atoms with Crippen LogP contribution in [0, 0.1) is 0 Å². The van der Waals surface area contributed by atoms with E-state index in [0.717, 1.165) is 5.69 Å². The van der Waals surface area contributed by atoms with Gasteiger partial charge in [-0.3, -0.25) is 14.4 Å². The molecule has 0 aliphatic carbocycles. The van der Waals surface area contributed by atoms with E-state index in [2.05, 4.69) is 36.1 Å². The number of H-pyrrole nitrogens is 1. The molecule has 1 heterocycles. The zero-order valence-corrected chi connectivity index (χ0v) is 18.9. The van der Waals surface area contributed by atoms with Gasteiger partial charge in [0.25, 0.3) is 15.7 Å². The topological polar surface area (TPSA) is 107 Å². The number of hydrogen-bond donors (Lipinski definition) is 3. The molecule has 8 nitrogen and oxygen atoms in total. The van der Waals surface area contributed by atoms with Crippen molar-refractivity contribution in [1.82, 2.24) is 14.7 Å². The molecule has 0 unspecified atom stereocenters. The van der Waals surface area contributed by atoms with Crippen LogP contribution in [0.4, 0.5) is 11.5 Å². The fourth-order valence-corrected chi connectivity index (χ4v) is 3.73. The number of hydrogen-bond acceptors (Lipinski definition) is 5. The minimum Gasteiger partial charge on any atom is -0.341 e. The van der Waals surface area contributed by atoms with E-state index < -0.39 is 10.1 Å². The maximum Gasteiger partial charge on any atom is 0.294 e. The van der Waals surface area contributed by atoms with Crippen LogP contribution < -0.4 is 10.9 Å². The highest BCUT2D eigenvalue weighted by Crippen LogP contribution is 2.17.